The average molecular weight is 296 g/mol. The Labute approximate surface area is 119 Å². The normalized spacial score (nSPS) is 22.6. The fourth-order valence-electron chi connectivity index (χ4n) is 2.03. The summed E-state index contributed by atoms with van der Waals surface area (Å²) >= 11 is 0. The molecule has 0 aliphatic heterocycles. The maximum Gasteiger partial charge on any atom is 0.289 e. The van der Waals surface area contributed by atoms with Crippen molar-refractivity contribution < 1.29 is 9.21 Å². The third kappa shape index (κ3) is 4.15. The first-order valence-corrected chi connectivity index (χ1v) is 5.63. The highest BCUT2D eigenvalue weighted by atomic mass is 35.5. The fourth-order valence-corrected chi connectivity index (χ4v) is 2.03. The van der Waals surface area contributed by atoms with Gasteiger partial charge in [0.05, 0.1) is 5.69 Å². The van der Waals surface area contributed by atoms with Gasteiger partial charge in [-0.1, -0.05) is 0 Å². The Kier molecular flexibility index (Phi) is 7.28. The van der Waals surface area contributed by atoms with Gasteiger partial charge in [-0.15, -0.1) is 24.8 Å². The zero-order valence-electron chi connectivity index (χ0n) is 10.2. The minimum Gasteiger partial charge on any atom is -0.438 e. The summed E-state index contributed by atoms with van der Waals surface area (Å²) in [6.45, 7) is 1.76. The molecule has 0 saturated heterocycles. The lowest BCUT2D eigenvalue weighted by atomic mass is 9.92. The van der Waals surface area contributed by atoms with Gasteiger partial charge in [0.15, 0.2) is 6.39 Å². The van der Waals surface area contributed by atoms with Crippen LogP contribution < -0.4 is 11.1 Å². The summed E-state index contributed by atoms with van der Waals surface area (Å²) in [4.78, 5) is 15.7. The van der Waals surface area contributed by atoms with Crippen LogP contribution in [-0.2, 0) is 0 Å². The molecule has 0 spiro atoms. The van der Waals surface area contributed by atoms with Crippen molar-refractivity contribution in [1.82, 2.24) is 10.3 Å². The monoisotopic (exact) mass is 295 g/mol. The summed E-state index contributed by atoms with van der Waals surface area (Å²) in [5.41, 5.74) is 6.43. The number of carbonyl (C=O) groups excluding carboxylic acids is 1. The zero-order valence-corrected chi connectivity index (χ0v) is 11.9. The molecule has 1 heterocycles. The molecule has 0 aromatic carbocycles. The molecule has 1 aliphatic carbocycles. The first-order chi connectivity index (χ1) is 7.66. The fraction of sp³-hybridized carbons (Fsp3) is 0.636. The van der Waals surface area contributed by atoms with Crippen molar-refractivity contribution in [3.8, 4) is 0 Å². The topological polar surface area (TPSA) is 81.2 Å². The largest absolute Gasteiger partial charge is 0.438 e. The van der Waals surface area contributed by atoms with Gasteiger partial charge in [0, 0.05) is 12.1 Å². The third-order valence-corrected chi connectivity index (χ3v) is 3.06. The maximum absolute atomic E-state index is 11.8. The first-order valence-electron chi connectivity index (χ1n) is 5.63. The lowest BCUT2D eigenvalue weighted by Crippen LogP contribution is -2.40. The number of aromatic nitrogens is 1. The molecule has 7 heteroatoms. The average Bonchev–Trinajstić information content (AvgIpc) is 2.68. The summed E-state index contributed by atoms with van der Waals surface area (Å²) in [6.07, 6.45) is 5.13. The molecule has 104 valence electrons. The molecule has 2 rings (SSSR count). The van der Waals surface area contributed by atoms with E-state index >= 15 is 0 Å². The van der Waals surface area contributed by atoms with Gasteiger partial charge < -0.3 is 15.5 Å². The van der Waals surface area contributed by atoms with Gasteiger partial charge in [-0.2, -0.15) is 0 Å². The predicted molar refractivity (Wildman–Crippen MR) is 73.4 cm³/mol. The van der Waals surface area contributed by atoms with Crippen molar-refractivity contribution in [3.05, 3.63) is 17.8 Å². The highest BCUT2D eigenvalue weighted by Crippen LogP contribution is 2.17. The van der Waals surface area contributed by atoms with Crippen molar-refractivity contribution in [2.75, 3.05) is 0 Å². The molecular formula is C11H19Cl2N3O2. The van der Waals surface area contributed by atoms with E-state index in [-0.39, 0.29) is 36.8 Å². The number of hydrogen-bond donors (Lipinski definition) is 2. The number of rotatable bonds is 2. The minimum absolute atomic E-state index is 0. The highest BCUT2D eigenvalue weighted by molar-refractivity contribution is 5.92. The van der Waals surface area contributed by atoms with Gasteiger partial charge in [-0.3, -0.25) is 4.79 Å². The molecule has 1 fully saturated rings. The van der Waals surface area contributed by atoms with Crippen LogP contribution in [0.4, 0.5) is 0 Å². The van der Waals surface area contributed by atoms with E-state index in [2.05, 4.69) is 10.3 Å². The molecular weight excluding hydrogens is 277 g/mol. The SMILES string of the molecule is Cc1ncoc1C(=O)NC1CCC(N)CC1.Cl.Cl. The molecule has 1 saturated carbocycles. The molecule has 0 atom stereocenters. The number of nitrogens with two attached hydrogens (primary N) is 1. The molecule has 1 aromatic rings. The Bertz CT molecular complexity index is 376. The van der Waals surface area contributed by atoms with Crippen molar-refractivity contribution in [2.24, 2.45) is 5.73 Å². The minimum atomic E-state index is -0.171. The van der Waals surface area contributed by atoms with Crippen molar-refractivity contribution >= 4 is 30.7 Å². The third-order valence-electron chi connectivity index (χ3n) is 3.06. The Morgan fingerprint density at radius 2 is 2.00 bits per heavy atom. The molecule has 18 heavy (non-hydrogen) atoms. The highest BCUT2D eigenvalue weighted by Gasteiger charge is 2.22. The molecule has 5 nitrogen and oxygen atoms in total. The number of nitrogens with one attached hydrogen (secondary N) is 1. The molecule has 1 amide bonds. The van der Waals surface area contributed by atoms with E-state index in [1.165, 1.54) is 6.39 Å². The Morgan fingerprint density at radius 1 is 1.39 bits per heavy atom. The summed E-state index contributed by atoms with van der Waals surface area (Å²) in [5, 5.41) is 2.95. The van der Waals surface area contributed by atoms with Crippen LogP contribution in [-0.4, -0.2) is 23.0 Å². The lowest BCUT2D eigenvalue weighted by molar-refractivity contribution is 0.0897. The molecule has 0 unspecified atom stereocenters. The second-order valence-electron chi connectivity index (χ2n) is 4.35. The van der Waals surface area contributed by atoms with Crippen LogP contribution in [0.25, 0.3) is 0 Å². The number of hydrogen-bond acceptors (Lipinski definition) is 4. The molecule has 1 aromatic heterocycles. The van der Waals surface area contributed by atoms with Gasteiger partial charge in [-0.25, -0.2) is 4.98 Å². The van der Waals surface area contributed by atoms with Crippen LogP contribution in [0.2, 0.25) is 0 Å². The van der Waals surface area contributed by atoms with Gasteiger partial charge in [0.2, 0.25) is 5.76 Å². The number of oxazole rings is 1. The lowest BCUT2D eigenvalue weighted by Gasteiger charge is -2.26. The Hall–Kier alpha value is -0.780. The van der Waals surface area contributed by atoms with Crippen molar-refractivity contribution in [3.63, 3.8) is 0 Å². The van der Waals surface area contributed by atoms with Crippen LogP contribution in [0, 0.1) is 6.92 Å². The maximum atomic E-state index is 11.8. The van der Waals surface area contributed by atoms with Crippen LogP contribution in [0.3, 0.4) is 0 Å². The molecule has 1 aliphatic rings. The van der Waals surface area contributed by atoms with E-state index in [9.17, 15) is 4.79 Å². The summed E-state index contributed by atoms with van der Waals surface area (Å²) in [7, 11) is 0. The summed E-state index contributed by atoms with van der Waals surface area (Å²) in [5.74, 6) is 0.144. The molecule has 3 N–H and O–H groups in total. The van der Waals surface area contributed by atoms with Crippen molar-refractivity contribution in [1.29, 1.82) is 0 Å². The Morgan fingerprint density at radius 3 is 2.50 bits per heavy atom. The number of amides is 1. The zero-order chi connectivity index (χ0) is 11.5. The van der Waals surface area contributed by atoms with E-state index in [0.717, 1.165) is 25.7 Å². The summed E-state index contributed by atoms with van der Waals surface area (Å²) in [6, 6.07) is 0.511. The summed E-state index contributed by atoms with van der Waals surface area (Å²) < 4.78 is 5.04. The molecule has 0 bridgehead atoms. The standard InChI is InChI=1S/C11H17N3O2.2ClH/c1-7-10(16-6-13-7)11(15)14-9-4-2-8(12)3-5-9;;/h6,8-9H,2-5,12H2,1H3,(H,14,15);2*1H. The number of carbonyl (C=O) groups is 1. The van der Waals surface area contributed by atoms with E-state index in [1.54, 1.807) is 6.92 Å². The van der Waals surface area contributed by atoms with Gasteiger partial charge in [-0.05, 0) is 32.6 Å². The number of aryl methyl sites for hydroxylation is 1. The number of halogens is 2. The number of nitrogens with zero attached hydrogens (tertiary/aromatic N) is 1. The van der Waals surface area contributed by atoms with Crippen LogP contribution in [0.15, 0.2) is 10.8 Å². The van der Waals surface area contributed by atoms with E-state index < -0.39 is 0 Å². The quantitative estimate of drug-likeness (QED) is 0.872. The second-order valence-corrected chi connectivity index (χ2v) is 4.35. The van der Waals surface area contributed by atoms with Gasteiger partial charge in [0.25, 0.3) is 5.91 Å². The van der Waals surface area contributed by atoms with Crippen LogP contribution >= 0.6 is 24.8 Å². The van der Waals surface area contributed by atoms with Crippen LogP contribution in [0.1, 0.15) is 41.9 Å². The van der Waals surface area contributed by atoms with Crippen LogP contribution in [0.5, 0.6) is 0 Å². The Balaban J connectivity index is 0.00000144. The van der Waals surface area contributed by atoms with Gasteiger partial charge in [0.1, 0.15) is 0 Å². The van der Waals surface area contributed by atoms with Crippen molar-refractivity contribution in [2.45, 2.75) is 44.7 Å². The smallest absolute Gasteiger partial charge is 0.289 e. The first kappa shape index (κ1) is 17.2. The van der Waals surface area contributed by atoms with E-state index in [0.29, 0.717) is 17.5 Å². The second kappa shape index (κ2) is 7.61. The van der Waals surface area contributed by atoms with E-state index in [1.807, 2.05) is 0 Å². The van der Waals surface area contributed by atoms with E-state index in [4.69, 9.17) is 10.2 Å². The van der Waals surface area contributed by atoms with Gasteiger partial charge >= 0.3 is 0 Å². The molecule has 0 radical (unpaired) electrons. The predicted octanol–water partition coefficient (Wildman–Crippen LogP) is 1.83.